The van der Waals surface area contributed by atoms with Crippen LogP contribution in [0, 0.1) is 11.8 Å². The van der Waals surface area contributed by atoms with E-state index in [0.717, 1.165) is 11.8 Å². The lowest BCUT2D eigenvalue weighted by Gasteiger charge is -2.41. The lowest BCUT2D eigenvalue weighted by atomic mass is 9.72. The van der Waals surface area contributed by atoms with E-state index in [0.29, 0.717) is 0 Å². The van der Waals surface area contributed by atoms with Gasteiger partial charge in [0.1, 0.15) is 5.01 Å². The van der Waals surface area contributed by atoms with Gasteiger partial charge >= 0.3 is 0 Å². The Labute approximate surface area is 114 Å². The van der Waals surface area contributed by atoms with Gasteiger partial charge in [0.05, 0.1) is 11.2 Å². The van der Waals surface area contributed by atoms with Gasteiger partial charge < -0.3 is 5.32 Å². The number of nitrogens with zero attached hydrogens (tertiary/aromatic N) is 1. The predicted molar refractivity (Wildman–Crippen MR) is 77.1 cm³/mol. The third-order valence-corrected chi connectivity index (χ3v) is 6.04. The fourth-order valence-corrected chi connectivity index (χ4v) is 5.37. The molecule has 0 saturated heterocycles. The molecule has 2 nitrogen and oxygen atoms in total. The summed E-state index contributed by atoms with van der Waals surface area (Å²) in [7, 11) is 2.12. The minimum absolute atomic E-state index is 0.159. The quantitative estimate of drug-likeness (QED) is 0.884. The minimum atomic E-state index is 0.159. The maximum Gasteiger partial charge on any atom is 0.113 e. The Balaban J connectivity index is 1.94. The summed E-state index contributed by atoms with van der Waals surface area (Å²) in [5, 5.41) is 5.00. The summed E-state index contributed by atoms with van der Waals surface area (Å²) in [6, 6.07) is 0. The highest BCUT2D eigenvalue weighted by Crippen LogP contribution is 2.45. The van der Waals surface area contributed by atoms with E-state index in [1.165, 1.54) is 49.2 Å². The number of aromatic nitrogens is 1. The maximum atomic E-state index is 4.98. The van der Waals surface area contributed by atoms with E-state index in [1.807, 2.05) is 11.3 Å². The van der Waals surface area contributed by atoms with Crippen LogP contribution < -0.4 is 5.32 Å². The van der Waals surface area contributed by atoms with Gasteiger partial charge in [-0.15, -0.1) is 11.3 Å². The second kappa shape index (κ2) is 4.61. The minimum Gasteiger partial charge on any atom is -0.308 e. The number of fused-ring (bicyclic) bond motifs is 1. The molecule has 2 aliphatic rings. The molecule has 0 spiro atoms. The summed E-state index contributed by atoms with van der Waals surface area (Å²) in [6.07, 6.45) is 7.65. The first kappa shape index (κ1) is 12.6. The van der Waals surface area contributed by atoms with Gasteiger partial charge in [-0.25, -0.2) is 4.98 Å². The van der Waals surface area contributed by atoms with Crippen LogP contribution in [0.25, 0.3) is 0 Å². The summed E-state index contributed by atoms with van der Waals surface area (Å²) < 4.78 is 0. The molecule has 0 bridgehead atoms. The van der Waals surface area contributed by atoms with Crippen molar-refractivity contribution in [2.45, 2.75) is 57.9 Å². The molecule has 100 valence electrons. The van der Waals surface area contributed by atoms with Crippen molar-refractivity contribution in [3.63, 3.8) is 0 Å². The van der Waals surface area contributed by atoms with Crippen molar-refractivity contribution < 1.29 is 0 Å². The van der Waals surface area contributed by atoms with Crippen molar-refractivity contribution in [3.05, 3.63) is 15.6 Å². The molecular weight excluding hydrogens is 240 g/mol. The molecule has 2 atom stereocenters. The van der Waals surface area contributed by atoms with Crippen LogP contribution in [0.15, 0.2) is 0 Å². The van der Waals surface area contributed by atoms with Gasteiger partial charge in [-0.05, 0) is 57.4 Å². The Morgan fingerprint density at radius 1 is 1.22 bits per heavy atom. The molecule has 3 heteroatoms. The molecule has 2 unspecified atom stereocenters. The SMILES string of the molecule is CNC1(c2nc3c(s2)CCC3)CC(C)CC(C)C1. The molecule has 0 amide bonds. The van der Waals surface area contributed by atoms with Crippen molar-refractivity contribution in [2.75, 3.05) is 7.05 Å². The number of thiazole rings is 1. The fraction of sp³-hybridized carbons (Fsp3) is 0.800. The maximum absolute atomic E-state index is 4.98. The Morgan fingerprint density at radius 2 is 1.94 bits per heavy atom. The van der Waals surface area contributed by atoms with Crippen molar-refractivity contribution in [1.82, 2.24) is 10.3 Å². The molecule has 3 rings (SSSR count). The first-order valence-electron chi connectivity index (χ1n) is 7.31. The van der Waals surface area contributed by atoms with Crippen LogP contribution in [0.1, 0.15) is 55.1 Å². The van der Waals surface area contributed by atoms with Crippen LogP contribution in [0.2, 0.25) is 0 Å². The Kier molecular flexibility index (Phi) is 3.23. The van der Waals surface area contributed by atoms with Crippen molar-refractivity contribution in [1.29, 1.82) is 0 Å². The van der Waals surface area contributed by atoms with Gasteiger partial charge in [0, 0.05) is 4.88 Å². The highest BCUT2D eigenvalue weighted by Gasteiger charge is 2.41. The Morgan fingerprint density at radius 3 is 2.56 bits per heavy atom. The standard InChI is InChI=1S/C15H24N2S/c1-10-7-11(2)9-15(8-10,16-3)14-17-12-5-4-6-13(12)18-14/h10-11,16H,4-9H2,1-3H3. The predicted octanol–water partition coefficient (Wildman–Crippen LogP) is 3.50. The summed E-state index contributed by atoms with van der Waals surface area (Å²) in [4.78, 5) is 6.54. The molecule has 1 N–H and O–H groups in total. The van der Waals surface area contributed by atoms with E-state index < -0.39 is 0 Å². The monoisotopic (exact) mass is 264 g/mol. The molecule has 0 aromatic carbocycles. The van der Waals surface area contributed by atoms with Gasteiger partial charge in [-0.3, -0.25) is 0 Å². The second-order valence-corrected chi connectivity index (χ2v) is 7.51. The first-order valence-corrected chi connectivity index (χ1v) is 8.12. The molecule has 0 aliphatic heterocycles. The van der Waals surface area contributed by atoms with Gasteiger partial charge in [0.25, 0.3) is 0 Å². The Hall–Kier alpha value is -0.410. The molecule has 2 aliphatic carbocycles. The van der Waals surface area contributed by atoms with E-state index in [9.17, 15) is 0 Å². The number of aryl methyl sites for hydroxylation is 2. The largest absolute Gasteiger partial charge is 0.308 e. The van der Waals surface area contributed by atoms with Crippen LogP contribution in [-0.2, 0) is 18.4 Å². The summed E-state index contributed by atoms with van der Waals surface area (Å²) in [5.74, 6) is 1.61. The number of hydrogen-bond acceptors (Lipinski definition) is 3. The lowest BCUT2D eigenvalue weighted by Crippen LogP contribution is -2.45. The van der Waals surface area contributed by atoms with E-state index in [4.69, 9.17) is 4.98 Å². The zero-order chi connectivity index (χ0) is 12.8. The number of rotatable bonds is 2. The summed E-state index contributed by atoms with van der Waals surface area (Å²) in [5.41, 5.74) is 1.56. The topological polar surface area (TPSA) is 24.9 Å². The van der Waals surface area contributed by atoms with Crippen LogP contribution in [-0.4, -0.2) is 12.0 Å². The second-order valence-electron chi connectivity index (χ2n) is 6.43. The van der Waals surface area contributed by atoms with Crippen LogP contribution in [0.4, 0.5) is 0 Å². The molecule has 1 aromatic rings. The normalized spacial score (nSPS) is 35.7. The summed E-state index contributed by atoms with van der Waals surface area (Å²) >= 11 is 1.98. The van der Waals surface area contributed by atoms with E-state index in [2.05, 4.69) is 26.2 Å². The zero-order valence-corrected chi connectivity index (χ0v) is 12.6. The van der Waals surface area contributed by atoms with Crippen molar-refractivity contribution in [3.8, 4) is 0 Å². The average molecular weight is 264 g/mol. The molecule has 1 heterocycles. The van der Waals surface area contributed by atoms with E-state index in [1.54, 1.807) is 4.88 Å². The first-order chi connectivity index (χ1) is 8.63. The zero-order valence-electron chi connectivity index (χ0n) is 11.8. The van der Waals surface area contributed by atoms with E-state index in [-0.39, 0.29) is 5.54 Å². The highest BCUT2D eigenvalue weighted by molar-refractivity contribution is 7.12. The van der Waals surface area contributed by atoms with E-state index >= 15 is 0 Å². The number of nitrogens with one attached hydrogen (secondary N) is 1. The molecule has 1 saturated carbocycles. The third-order valence-electron chi connectivity index (χ3n) is 4.68. The smallest absolute Gasteiger partial charge is 0.113 e. The summed E-state index contributed by atoms with van der Waals surface area (Å²) in [6.45, 7) is 4.78. The van der Waals surface area contributed by atoms with Crippen molar-refractivity contribution in [2.24, 2.45) is 11.8 Å². The third kappa shape index (κ3) is 2.01. The van der Waals surface area contributed by atoms with Gasteiger partial charge in [-0.1, -0.05) is 13.8 Å². The average Bonchev–Trinajstić information content (AvgIpc) is 2.87. The fourth-order valence-electron chi connectivity index (χ4n) is 4.01. The van der Waals surface area contributed by atoms with Gasteiger partial charge in [0.15, 0.2) is 0 Å². The molecule has 18 heavy (non-hydrogen) atoms. The molecular formula is C15H24N2S. The Bertz CT molecular complexity index is 406. The van der Waals surface area contributed by atoms with Crippen molar-refractivity contribution >= 4 is 11.3 Å². The molecule has 1 fully saturated rings. The van der Waals surface area contributed by atoms with Gasteiger partial charge in [-0.2, -0.15) is 0 Å². The van der Waals surface area contributed by atoms with Crippen LogP contribution in [0.5, 0.6) is 0 Å². The molecule has 0 radical (unpaired) electrons. The highest BCUT2D eigenvalue weighted by atomic mass is 32.1. The van der Waals surface area contributed by atoms with Crippen LogP contribution >= 0.6 is 11.3 Å². The lowest BCUT2D eigenvalue weighted by molar-refractivity contribution is 0.152. The van der Waals surface area contributed by atoms with Crippen LogP contribution in [0.3, 0.4) is 0 Å². The number of hydrogen-bond donors (Lipinski definition) is 1. The molecule has 1 aromatic heterocycles. The van der Waals surface area contributed by atoms with Gasteiger partial charge in [0.2, 0.25) is 0 Å².